The maximum atomic E-state index is 13.2. The number of hydrogen-bond donors (Lipinski definition) is 1. The zero-order valence-electron chi connectivity index (χ0n) is 23.3. The van der Waals surface area contributed by atoms with Crippen molar-refractivity contribution >= 4 is 40.2 Å². The van der Waals surface area contributed by atoms with Crippen LogP contribution in [0.4, 0.5) is 5.69 Å². The molecule has 2 aliphatic rings. The second kappa shape index (κ2) is 13.0. The molecule has 0 bridgehead atoms. The van der Waals surface area contributed by atoms with Gasteiger partial charge in [-0.15, -0.1) is 0 Å². The SMILES string of the molecule is C=C1CS(=O)[C@@H]2C(NC(=O)Cc3ccccc3C(=O)OCc3ccccc3)C(=O)N2C1C(=O)OCc1ccc([N+](=O)[O-])cc1. The first kappa shape index (κ1) is 30.3. The van der Waals surface area contributed by atoms with E-state index < -0.39 is 56.9 Å². The van der Waals surface area contributed by atoms with E-state index in [1.807, 2.05) is 30.3 Å². The molecule has 0 aliphatic carbocycles. The Morgan fingerprint density at radius 2 is 1.59 bits per heavy atom. The van der Waals surface area contributed by atoms with E-state index >= 15 is 0 Å². The number of esters is 2. The van der Waals surface area contributed by atoms with Gasteiger partial charge in [-0.2, -0.15) is 0 Å². The van der Waals surface area contributed by atoms with Crippen molar-refractivity contribution in [3.05, 3.63) is 123 Å². The summed E-state index contributed by atoms with van der Waals surface area (Å²) in [6.07, 6.45) is -0.243. The molecule has 13 heteroatoms. The Morgan fingerprint density at radius 3 is 2.30 bits per heavy atom. The highest BCUT2D eigenvalue weighted by molar-refractivity contribution is 7.86. The quantitative estimate of drug-likeness (QED) is 0.118. The van der Waals surface area contributed by atoms with E-state index in [1.165, 1.54) is 24.3 Å². The number of rotatable bonds is 10. The first-order valence-corrected chi connectivity index (χ1v) is 14.9. The Balaban J connectivity index is 1.20. The van der Waals surface area contributed by atoms with Crippen LogP contribution >= 0.6 is 0 Å². The second-order valence-corrected chi connectivity index (χ2v) is 11.7. The van der Waals surface area contributed by atoms with Gasteiger partial charge in [0.25, 0.3) is 5.69 Å². The van der Waals surface area contributed by atoms with Gasteiger partial charge in [0.2, 0.25) is 11.8 Å². The van der Waals surface area contributed by atoms with Crippen molar-refractivity contribution in [1.29, 1.82) is 0 Å². The summed E-state index contributed by atoms with van der Waals surface area (Å²) in [7, 11) is -1.64. The molecule has 2 fully saturated rings. The topological polar surface area (TPSA) is 162 Å². The largest absolute Gasteiger partial charge is 0.459 e. The average molecular weight is 618 g/mol. The molecule has 2 aliphatic heterocycles. The molecule has 226 valence electrons. The summed E-state index contributed by atoms with van der Waals surface area (Å²) in [6, 6.07) is 18.7. The van der Waals surface area contributed by atoms with Crippen molar-refractivity contribution < 1.29 is 37.8 Å². The first-order valence-electron chi connectivity index (χ1n) is 13.5. The number of nitrogens with zero attached hydrogens (tertiary/aromatic N) is 2. The minimum absolute atomic E-state index is 0.0584. The lowest BCUT2D eigenvalue weighted by Crippen LogP contribution is -2.77. The van der Waals surface area contributed by atoms with Gasteiger partial charge in [-0.25, -0.2) is 9.59 Å². The smallest absolute Gasteiger partial charge is 0.338 e. The minimum Gasteiger partial charge on any atom is -0.459 e. The van der Waals surface area contributed by atoms with Gasteiger partial charge < -0.3 is 19.7 Å². The van der Waals surface area contributed by atoms with Gasteiger partial charge in [-0.3, -0.25) is 23.9 Å². The van der Waals surface area contributed by atoms with Crippen molar-refractivity contribution in [1.82, 2.24) is 10.2 Å². The molecule has 0 saturated carbocycles. The summed E-state index contributed by atoms with van der Waals surface area (Å²) < 4.78 is 23.7. The normalized spacial score (nSPS) is 20.6. The number of nitro benzene ring substituents is 1. The summed E-state index contributed by atoms with van der Waals surface area (Å²) in [5, 5.41) is 12.5. The zero-order valence-corrected chi connectivity index (χ0v) is 24.1. The molecule has 12 nitrogen and oxygen atoms in total. The Bertz CT molecular complexity index is 1660. The van der Waals surface area contributed by atoms with Crippen LogP contribution in [0.15, 0.2) is 91.0 Å². The zero-order chi connectivity index (χ0) is 31.4. The van der Waals surface area contributed by atoms with Gasteiger partial charge in [0.05, 0.1) is 27.7 Å². The van der Waals surface area contributed by atoms with E-state index in [1.54, 1.807) is 24.3 Å². The minimum atomic E-state index is -1.64. The maximum absolute atomic E-state index is 13.2. The molecular formula is C31H27N3O9S. The highest BCUT2D eigenvalue weighted by Gasteiger charge is 2.59. The lowest BCUT2D eigenvalue weighted by atomic mass is 9.98. The number of benzene rings is 3. The third kappa shape index (κ3) is 6.42. The van der Waals surface area contributed by atoms with Crippen molar-refractivity contribution in [2.45, 2.75) is 37.1 Å². The van der Waals surface area contributed by atoms with Crippen LogP contribution < -0.4 is 5.32 Å². The van der Waals surface area contributed by atoms with Crippen LogP contribution in [0.25, 0.3) is 0 Å². The van der Waals surface area contributed by atoms with E-state index in [2.05, 4.69) is 11.9 Å². The number of nitrogens with one attached hydrogen (secondary N) is 1. The highest BCUT2D eigenvalue weighted by atomic mass is 32.2. The summed E-state index contributed by atoms with van der Waals surface area (Å²) in [5.74, 6) is -2.68. The number of carbonyl (C=O) groups excluding carboxylic acids is 4. The van der Waals surface area contributed by atoms with Gasteiger partial charge in [-0.1, -0.05) is 55.1 Å². The van der Waals surface area contributed by atoms with Gasteiger partial charge >= 0.3 is 11.9 Å². The number of β-lactam (4-membered cyclic amide) rings is 1. The molecule has 2 amide bonds. The number of hydrogen-bond acceptors (Lipinski definition) is 9. The second-order valence-electron chi connectivity index (χ2n) is 10.2. The van der Waals surface area contributed by atoms with Crippen LogP contribution in [-0.4, -0.2) is 61.0 Å². The third-order valence-electron chi connectivity index (χ3n) is 7.21. The average Bonchev–Trinajstić information content (AvgIpc) is 3.02. The van der Waals surface area contributed by atoms with Crippen molar-refractivity contribution in [2.75, 3.05) is 5.75 Å². The van der Waals surface area contributed by atoms with Gasteiger partial charge in [0.15, 0.2) is 6.04 Å². The molecule has 0 spiro atoms. The lowest BCUT2D eigenvalue weighted by Gasteiger charge is -2.52. The van der Waals surface area contributed by atoms with Crippen molar-refractivity contribution in [2.24, 2.45) is 0 Å². The summed E-state index contributed by atoms with van der Waals surface area (Å²) in [6.45, 7) is 3.67. The monoisotopic (exact) mass is 617 g/mol. The van der Waals surface area contributed by atoms with Crippen LogP contribution in [-0.2, 0) is 54.3 Å². The molecule has 4 atom stereocenters. The molecular weight excluding hydrogens is 590 g/mol. The Kier molecular flexibility index (Phi) is 8.95. The molecule has 2 heterocycles. The van der Waals surface area contributed by atoms with E-state index in [4.69, 9.17) is 9.47 Å². The molecule has 44 heavy (non-hydrogen) atoms. The predicted molar refractivity (Wildman–Crippen MR) is 157 cm³/mol. The summed E-state index contributed by atoms with van der Waals surface area (Å²) >= 11 is 0. The maximum Gasteiger partial charge on any atom is 0.338 e. The van der Waals surface area contributed by atoms with E-state index in [9.17, 15) is 33.5 Å². The van der Waals surface area contributed by atoms with Crippen LogP contribution in [0.5, 0.6) is 0 Å². The van der Waals surface area contributed by atoms with Crippen LogP contribution in [0, 0.1) is 10.1 Å². The number of non-ortho nitro benzene ring substituents is 1. The van der Waals surface area contributed by atoms with Crippen molar-refractivity contribution in [3.8, 4) is 0 Å². The summed E-state index contributed by atoms with van der Waals surface area (Å²) in [5.41, 5.74) is 2.01. The Labute approximate surface area is 254 Å². The molecule has 0 radical (unpaired) electrons. The van der Waals surface area contributed by atoms with Crippen molar-refractivity contribution in [3.63, 3.8) is 0 Å². The lowest BCUT2D eigenvalue weighted by molar-refractivity contribution is -0.384. The summed E-state index contributed by atoms with van der Waals surface area (Å²) in [4.78, 5) is 63.4. The number of fused-ring (bicyclic) bond motifs is 1. The molecule has 1 N–H and O–H groups in total. The fraction of sp³-hybridized carbons (Fsp3) is 0.226. The first-order chi connectivity index (χ1) is 21.1. The number of amides is 2. The van der Waals surface area contributed by atoms with Gasteiger partial charge in [-0.05, 0) is 40.5 Å². The van der Waals surface area contributed by atoms with E-state index in [0.717, 1.165) is 10.5 Å². The molecule has 2 saturated heterocycles. The van der Waals surface area contributed by atoms with Gasteiger partial charge in [0, 0.05) is 17.9 Å². The molecule has 5 rings (SSSR count). The molecule has 0 aromatic heterocycles. The number of carbonyl (C=O) groups is 4. The molecule has 3 unspecified atom stereocenters. The van der Waals surface area contributed by atoms with E-state index in [-0.39, 0.29) is 42.2 Å². The number of nitro groups is 1. The number of ether oxygens (including phenoxy) is 2. The Hall–Kier alpha value is -5.17. The fourth-order valence-electron chi connectivity index (χ4n) is 5.02. The third-order valence-corrected chi connectivity index (χ3v) is 8.90. The van der Waals surface area contributed by atoms with Crippen LogP contribution in [0.2, 0.25) is 0 Å². The highest BCUT2D eigenvalue weighted by Crippen LogP contribution is 2.35. The fourth-order valence-corrected chi connectivity index (χ4v) is 6.68. The molecule has 3 aromatic carbocycles. The van der Waals surface area contributed by atoms with Crippen LogP contribution in [0.3, 0.4) is 0 Å². The standard InChI is InChI=1S/C31H27N3O9S/c1-19-18-44(41)29-26(28(36)33(29)27(19)31(38)43-17-21-11-13-23(14-12-21)34(39)40)32-25(35)15-22-9-5-6-10-24(22)30(37)42-16-20-7-3-2-4-8-20/h2-14,26-27,29H,1,15-18H2,(H,32,35)/t26?,27?,29-,44?/m1/s1. The van der Waals surface area contributed by atoms with Gasteiger partial charge in [0.1, 0.15) is 24.6 Å². The Morgan fingerprint density at radius 1 is 0.955 bits per heavy atom. The predicted octanol–water partition coefficient (Wildman–Crippen LogP) is 2.58. The molecule has 3 aromatic rings. The van der Waals surface area contributed by atoms with E-state index in [0.29, 0.717) is 11.1 Å². The van der Waals surface area contributed by atoms with Crippen LogP contribution in [0.1, 0.15) is 27.0 Å².